The maximum atomic E-state index is 3.96. The fourth-order valence-corrected chi connectivity index (χ4v) is 5.45. The Hall–Kier alpha value is -0.520. The second kappa shape index (κ2) is 9.83. The van der Waals surface area contributed by atoms with Gasteiger partial charge in [-0.15, -0.1) is 6.58 Å². The average molecular weight is 337 g/mol. The normalized spacial score (nSPS) is 40.9. The molecule has 144 valence electrons. The van der Waals surface area contributed by atoms with E-state index in [-0.39, 0.29) is 11.7 Å². The van der Waals surface area contributed by atoms with Crippen LogP contribution in [-0.2, 0) is 0 Å². The van der Waals surface area contributed by atoms with Gasteiger partial charge in [-0.05, 0) is 99.7 Å². The summed E-state index contributed by atoms with van der Waals surface area (Å²) >= 11 is 0. The first-order valence-electron chi connectivity index (χ1n) is 10.6. The van der Waals surface area contributed by atoms with Crippen LogP contribution in [0.4, 0.5) is 0 Å². The molecule has 0 spiro atoms. The van der Waals surface area contributed by atoms with E-state index >= 15 is 0 Å². The molecule has 0 saturated heterocycles. The molecule has 0 heteroatoms. The largest absolute Gasteiger partial charge is 0.103 e. The molecule has 0 N–H and O–H groups in total. The van der Waals surface area contributed by atoms with Gasteiger partial charge in [-0.3, -0.25) is 0 Å². The minimum Gasteiger partial charge on any atom is -0.103 e. The van der Waals surface area contributed by atoms with Crippen LogP contribution in [0.1, 0.15) is 95.7 Å². The van der Waals surface area contributed by atoms with Crippen molar-refractivity contribution in [3.63, 3.8) is 0 Å². The van der Waals surface area contributed by atoms with Crippen LogP contribution in [0.15, 0.2) is 24.8 Å². The van der Waals surface area contributed by atoms with Crippen molar-refractivity contribution < 1.29 is 4.28 Å². The third-order valence-corrected chi connectivity index (χ3v) is 7.35. The fraction of sp³-hybridized carbons (Fsp3) is 0.833. The Morgan fingerprint density at radius 3 is 1.46 bits per heavy atom. The number of hydrogen-bond acceptors (Lipinski definition) is 0. The van der Waals surface area contributed by atoms with Crippen LogP contribution >= 0.6 is 0 Å². The van der Waals surface area contributed by atoms with Gasteiger partial charge in [0.1, 0.15) is 0 Å². The van der Waals surface area contributed by atoms with Gasteiger partial charge < -0.3 is 0 Å². The second-order valence-electron chi connectivity index (χ2n) is 8.99. The van der Waals surface area contributed by atoms with E-state index in [1.807, 2.05) is 0 Å². The van der Waals surface area contributed by atoms with Gasteiger partial charge in [0.15, 0.2) is 0 Å². The molecule has 3 aliphatic rings. The molecule has 0 aromatic carbocycles. The van der Waals surface area contributed by atoms with Gasteiger partial charge in [0.25, 0.3) is 0 Å². The third-order valence-electron chi connectivity index (χ3n) is 7.35. The van der Waals surface area contributed by atoms with Crippen LogP contribution in [-0.4, -0.2) is 0 Å². The maximum absolute atomic E-state index is 3.96. The molecule has 0 bridgehead atoms. The van der Waals surface area contributed by atoms with Crippen molar-refractivity contribution in [1.82, 2.24) is 0 Å². The number of allylic oxidation sites excluding steroid dienone is 3. The molecule has 3 rings (SSSR count). The van der Waals surface area contributed by atoms with Crippen molar-refractivity contribution >= 4 is 0 Å². The monoisotopic (exact) mass is 336 g/mol. The van der Waals surface area contributed by atoms with Gasteiger partial charge in [0.05, 0.1) is 0 Å². The molecule has 0 atom stereocenters. The molecular weight excluding hydrogens is 288 g/mol. The standard InChI is InChI=1S/C23H38.CH4.3H2/c1-3-19-6-8-20(9-7-19)10-11-21-12-16-23(17-13-21)22-14-4-18(2)5-15-22;;;;/h3,10-11,18-23H,1,4-9,12-17H2,2H3;1H4;3*1H/b11-10+;;;;. The minimum atomic E-state index is 0. The Kier molecular flexibility index (Phi) is 8.11. The smallest absolute Gasteiger partial charge is 0 e. The van der Waals surface area contributed by atoms with Gasteiger partial charge in [-0.25, -0.2) is 0 Å². The summed E-state index contributed by atoms with van der Waals surface area (Å²) in [7, 11) is 0. The Morgan fingerprint density at radius 2 is 1.00 bits per heavy atom. The van der Waals surface area contributed by atoms with Crippen molar-refractivity contribution in [2.24, 2.45) is 35.5 Å². The SMILES string of the molecule is C.C=CC1CCC(/C=C/C2CCC(C3CCC(C)CC3)CC2)CC1.[HH].[HH].[HH]. The van der Waals surface area contributed by atoms with Gasteiger partial charge in [-0.2, -0.15) is 0 Å². The molecule has 0 aliphatic heterocycles. The van der Waals surface area contributed by atoms with E-state index in [2.05, 4.69) is 31.7 Å². The predicted octanol–water partition coefficient (Wildman–Crippen LogP) is 8.54. The summed E-state index contributed by atoms with van der Waals surface area (Å²) in [4.78, 5) is 0. The Morgan fingerprint density at radius 1 is 0.625 bits per heavy atom. The number of hydrogen-bond donors (Lipinski definition) is 0. The molecule has 3 aliphatic carbocycles. The molecule has 0 heterocycles. The fourth-order valence-electron chi connectivity index (χ4n) is 5.45. The molecular formula is C24H48. The van der Waals surface area contributed by atoms with Crippen LogP contribution in [0.2, 0.25) is 0 Å². The van der Waals surface area contributed by atoms with E-state index in [9.17, 15) is 0 Å². The zero-order valence-corrected chi connectivity index (χ0v) is 15.4. The molecule has 0 aromatic heterocycles. The van der Waals surface area contributed by atoms with E-state index in [1.54, 1.807) is 0 Å². The van der Waals surface area contributed by atoms with E-state index < -0.39 is 0 Å². The van der Waals surface area contributed by atoms with E-state index in [1.165, 1.54) is 77.0 Å². The van der Waals surface area contributed by atoms with Crippen molar-refractivity contribution in [3.05, 3.63) is 24.8 Å². The Balaban J connectivity index is 0. The molecule has 3 saturated carbocycles. The first kappa shape index (κ1) is 19.8. The molecule has 0 nitrogen and oxygen atoms in total. The highest BCUT2D eigenvalue weighted by atomic mass is 14.3. The van der Waals surface area contributed by atoms with E-state index in [0.717, 1.165) is 35.5 Å². The van der Waals surface area contributed by atoms with E-state index in [4.69, 9.17) is 0 Å². The highest BCUT2D eigenvalue weighted by Crippen LogP contribution is 2.41. The molecule has 24 heavy (non-hydrogen) atoms. The van der Waals surface area contributed by atoms with Crippen molar-refractivity contribution in [2.45, 2.75) is 91.4 Å². The minimum absolute atomic E-state index is 0. The van der Waals surface area contributed by atoms with Gasteiger partial charge >= 0.3 is 0 Å². The first-order valence-corrected chi connectivity index (χ1v) is 10.6. The number of rotatable bonds is 4. The molecule has 0 unspecified atom stereocenters. The van der Waals surface area contributed by atoms with Gasteiger partial charge in [0.2, 0.25) is 0 Å². The second-order valence-corrected chi connectivity index (χ2v) is 8.99. The Bertz CT molecular complexity index is 382. The quantitative estimate of drug-likeness (QED) is 0.451. The lowest BCUT2D eigenvalue weighted by Gasteiger charge is -2.36. The summed E-state index contributed by atoms with van der Waals surface area (Å²) in [6.45, 7) is 6.41. The highest BCUT2D eigenvalue weighted by molar-refractivity contribution is 4.98. The van der Waals surface area contributed by atoms with Crippen LogP contribution in [0.25, 0.3) is 0 Å². The van der Waals surface area contributed by atoms with Crippen LogP contribution in [0, 0.1) is 35.5 Å². The average Bonchev–Trinajstić information content (AvgIpc) is 2.61. The van der Waals surface area contributed by atoms with Crippen LogP contribution in [0.3, 0.4) is 0 Å². The first-order chi connectivity index (χ1) is 11.2. The summed E-state index contributed by atoms with van der Waals surface area (Å²) in [5.41, 5.74) is 0. The molecule has 0 amide bonds. The molecule has 0 aromatic rings. The Labute approximate surface area is 156 Å². The lowest BCUT2D eigenvalue weighted by Crippen LogP contribution is -2.24. The summed E-state index contributed by atoms with van der Waals surface area (Å²) < 4.78 is 0. The lowest BCUT2D eigenvalue weighted by molar-refractivity contribution is 0.160. The maximum Gasteiger partial charge on any atom is 0 e. The third kappa shape index (κ3) is 5.50. The van der Waals surface area contributed by atoms with Crippen molar-refractivity contribution in [2.75, 3.05) is 0 Å². The van der Waals surface area contributed by atoms with E-state index in [0.29, 0.717) is 0 Å². The summed E-state index contributed by atoms with van der Waals surface area (Å²) in [5.74, 6) is 5.70. The van der Waals surface area contributed by atoms with Crippen LogP contribution in [0.5, 0.6) is 0 Å². The summed E-state index contributed by atoms with van der Waals surface area (Å²) in [6.07, 6.45) is 24.9. The summed E-state index contributed by atoms with van der Waals surface area (Å²) in [6, 6.07) is 0. The lowest BCUT2D eigenvalue weighted by atomic mass is 9.69. The topological polar surface area (TPSA) is 0 Å². The van der Waals surface area contributed by atoms with Crippen molar-refractivity contribution in [1.29, 1.82) is 0 Å². The van der Waals surface area contributed by atoms with Crippen molar-refractivity contribution in [3.8, 4) is 0 Å². The summed E-state index contributed by atoms with van der Waals surface area (Å²) in [5, 5.41) is 0. The van der Waals surface area contributed by atoms with Crippen LogP contribution < -0.4 is 0 Å². The predicted molar refractivity (Wildman–Crippen MR) is 114 cm³/mol. The molecule has 0 radical (unpaired) electrons. The molecule has 3 fully saturated rings. The zero-order chi connectivity index (χ0) is 16.1. The zero-order valence-electron chi connectivity index (χ0n) is 15.4. The van der Waals surface area contributed by atoms with Gasteiger partial charge in [0, 0.05) is 4.28 Å². The van der Waals surface area contributed by atoms with Gasteiger partial charge in [-0.1, -0.05) is 45.4 Å². The highest BCUT2D eigenvalue weighted by Gasteiger charge is 2.29.